The normalized spacial score (nSPS) is 10.4. The largest absolute Gasteiger partial charge is 0.478 e. The van der Waals surface area contributed by atoms with Crippen LogP contribution in [-0.2, 0) is 7.05 Å². The standard InChI is InChI=1S/C10H8BrN3O2/c1-14-9(7(5-13-14)10(15)16)8-3-2-6(11)4-12-8/h2-5H,1H3,(H,15,16). The number of aromatic carboxylic acids is 1. The molecule has 6 heteroatoms. The van der Waals surface area contributed by atoms with Crippen molar-refractivity contribution in [2.24, 2.45) is 7.05 Å². The van der Waals surface area contributed by atoms with E-state index in [-0.39, 0.29) is 5.56 Å². The number of aryl methyl sites for hydroxylation is 1. The number of halogens is 1. The van der Waals surface area contributed by atoms with Crippen molar-refractivity contribution in [2.75, 3.05) is 0 Å². The van der Waals surface area contributed by atoms with Crippen molar-refractivity contribution in [3.05, 3.63) is 34.6 Å². The van der Waals surface area contributed by atoms with Gasteiger partial charge in [0.1, 0.15) is 11.3 Å². The molecule has 0 atom stereocenters. The minimum absolute atomic E-state index is 0.150. The van der Waals surface area contributed by atoms with Gasteiger partial charge in [0.05, 0.1) is 11.9 Å². The molecule has 0 radical (unpaired) electrons. The molecule has 0 aliphatic heterocycles. The monoisotopic (exact) mass is 281 g/mol. The zero-order valence-electron chi connectivity index (χ0n) is 8.38. The van der Waals surface area contributed by atoms with Crippen LogP contribution in [0.3, 0.4) is 0 Å². The number of aromatic nitrogens is 3. The first-order valence-corrected chi connectivity index (χ1v) is 5.26. The van der Waals surface area contributed by atoms with Crippen molar-refractivity contribution in [3.63, 3.8) is 0 Å². The zero-order chi connectivity index (χ0) is 11.7. The molecule has 0 bridgehead atoms. The van der Waals surface area contributed by atoms with Gasteiger partial charge in [-0.15, -0.1) is 0 Å². The molecular weight excluding hydrogens is 274 g/mol. The number of carbonyl (C=O) groups is 1. The molecule has 0 aromatic carbocycles. The Balaban J connectivity index is 2.58. The number of carboxylic acids is 1. The van der Waals surface area contributed by atoms with Crippen LogP contribution in [0.4, 0.5) is 0 Å². The van der Waals surface area contributed by atoms with E-state index in [1.165, 1.54) is 10.9 Å². The second-order valence-corrected chi connectivity index (χ2v) is 4.11. The molecule has 1 N–H and O–H groups in total. The van der Waals surface area contributed by atoms with Gasteiger partial charge < -0.3 is 5.11 Å². The van der Waals surface area contributed by atoms with Gasteiger partial charge in [-0.1, -0.05) is 0 Å². The van der Waals surface area contributed by atoms with Crippen LogP contribution in [0.25, 0.3) is 11.4 Å². The van der Waals surface area contributed by atoms with Crippen LogP contribution in [0.1, 0.15) is 10.4 Å². The van der Waals surface area contributed by atoms with Crippen molar-refractivity contribution >= 4 is 21.9 Å². The minimum Gasteiger partial charge on any atom is -0.478 e. The summed E-state index contributed by atoms with van der Waals surface area (Å²) in [4.78, 5) is 15.1. The maximum Gasteiger partial charge on any atom is 0.339 e. The number of rotatable bonds is 2. The number of nitrogens with zero attached hydrogens (tertiary/aromatic N) is 3. The van der Waals surface area contributed by atoms with Crippen LogP contribution in [0.5, 0.6) is 0 Å². The van der Waals surface area contributed by atoms with Gasteiger partial charge in [0.15, 0.2) is 0 Å². The molecule has 2 aromatic heterocycles. The summed E-state index contributed by atoms with van der Waals surface area (Å²) in [6.45, 7) is 0. The van der Waals surface area contributed by atoms with Gasteiger partial charge in [-0.2, -0.15) is 5.10 Å². The highest BCUT2D eigenvalue weighted by Gasteiger charge is 2.17. The second-order valence-electron chi connectivity index (χ2n) is 3.20. The Labute approximate surface area is 99.9 Å². The van der Waals surface area contributed by atoms with Crippen LogP contribution in [0.15, 0.2) is 29.0 Å². The van der Waals surface area contributed by atoms with Gasteiger partial charge in [-0.25, -0.2) is 4.79 Å². The van der Waals surface area contributed by atoms with Crippen LogP contribution < -0.4 is 0 Å². The Morgan fingerprint density at radius 3 is 2.75 bits per heavy atom. The smallest absolute Gasteiger partial charge is 0.339 e. The first-order valence-electron chi connectivity index (χ1n) is 4.47. The molecule has 2 rings (SSSR count). The van der Waals surface area contributed by atoms with E-state index in [1.54, 1.807) is 25.4 Å². The molecule has 82 valence electrons. The first kappa shape index (κ1) is 10.8. The summed E-state index contributed by atoms with van der Waals surface area (Å²) in [7, 11) is 1.69. The van der Waals surface area contributed by atoms with Gasteiger partial charge in [0.2, 0.25) is 0 Å². The Hall–Kier alpha value is -1.69. The third kappa shape index (κ3) is 1.83. The summed E-state index contributed by atoms with van der Waals surface area (Å²) in [6.07, 6.45) is 2.94. The van der Waals surface area contributed by atoms with Gasteiger partial charge in [0, 0.05) is 17.7 Å². The number of carboxylic acid groups (broad SMARTS) is 1. The second kappa shape index (κ2) is 4.05. The minimum atomic E-state index is -1.01. The molecule has 0 saturated heterocycles. The topological polar surface area (TPSA) is 68.0 Å². The predicted octanol–water partition coefficient (Wildman–Crippen LogP) is 1.94. The molecular formula is C10H8BrN3O2. The Morgan fingerprint density at radius 2 is 2.19 bits per heavy atom. The SMILES string of the molecule is Cn1ncc(C(=O)O)c1-c1ccc(Br)cn1. The van der Waals surface area contributed by atoms with Gasteiger partial charge >= 0.3 is 5.97 Å². The average molecular weight is 282 g/mol. The Kier molecular flexibility index (Phi) is 2.74. The molecule has 2 heterocycles. The maximum absolute atomic E-state index is 11.0. The lowest BCUT2D eigenvalue weighted by Crippen LogP contribution is -2.01. The highest BCUT2D eigenvalue weighted by Crippen LogP contribution is 2.22. The summed E-state index contributed by atoms with van der Waals surface area (Å²) >= 11 is 3.27. The van der Waals surface area contributed by atoms with Crippen LogP contribution >= 0.6 is 15.9 Å². The molecule has 0 fully saturated rings. The lowest BCUT2D eigenvalue weighted by atomic mass is 10.2. The highest BCUT2D eigenvalue weighted by atomic mass is 79.9. The van der Waals surface area contributed by atoms with Gasteiger partial charge in [0.25, 0.3) is 0 Å². The molecule has 16 heavy (non-hydrogen) atoms. The molecule has 0 saturated carbocycles. The number of hydrogen-bond donors (Lipinski definition) is 1. The molecule has 5 nitrogen and oxygen atoms in total. The van der Waals surface area contributed by atoms with E-state index in [0.29, 0.717) is 11.4 Å². The molecule has 0 spiro atoms. The summed E-state index contributed by atoms with van der Waals surface area (Å²) in [5.74, 6) is -1.01. The summed E-state index contributed by atoms with van der Waals surface area (Å²) < 4.78 is 2.34. The predicted molar refractivity (Wildman–Crippen MR) is 61.1 cm³/mol. The lowest BCUT2D eigenvalue weighted by molar-refractivity contribution is 0.0697. The van der Waals surface area contributed by atoms with Gasteiger partial charge in [-0.05, 0) is 28.1 Å². The maximum atomic E-state index is 11.0. The molecule has 2 aromatic rings. The molecule has 0 aliphatic rings. The number of hydrogen-bond acceptors (Lipinski definition) is 3. The molecule has 0 unspecified atom stereocenters. The van der Waals surface area contributed by atoms with E-state index in [2.05, 4.69) is 26.0 Å². The average Bonchev–Trinajstić information content (AvgIpc) is 2.62. The van der Waals surface area contributed by atoms with Crippen molar-refractivity contribution < 1.29 is 9.90 Å². The lowest BCUT2D eigenvalue weighted by Gasteiger charge is -2.02. The van der Waals surface area contributed by atoms with Crippen molar-refractivity contribution in [1.29, 1.82) is 0 Å². The van der Waals surface area contributed by atoms with E-state index >= 15 is 0 Å². The van der Waals surface area contributed by atoms with E-state index in [9.17, 15) is 4.79 Å². The third-order valence-electron chi connectivity index (χ3n) is 2.14. The van der Waals surface area contributed by atoms with Crippen LogP contribution in [0.2, 0.25) is 0 Å². The van der Waals surface area contributed by atoms with E-state index in [4.69, 9.17) is 5.11 Å². The fourth-order valence-corrected chi connectivity index (χ4v) is 1.65. The van der Waals surface area contributed by atoms with E-state index in [1.807, 2.05) is 0 Å². The highest BCUT2D eigenvalue weighted by molar-refractivity contribution is 9.10. The van der Waals surface area contributed by atoms with E-state index < -0.39 is 5.97 Å². The number of pyridine rings is 1. The van der Waals surface area contributed by atoms with Crippen molar-refractivity contribution in [2.45, 2.75) is 0 Å². The van der Waals surface area contributed by atoms with Crippen molar-refractivity contribution in [3.8, 4) is 11.4 Å². The summed E-state index contributed by atoms with van der Waals surface area (Å²) in [5, 5.41) is 12.9. The fourth-order valence-electron chi connectivity index (χ4n) is 1.41. The van der Waals surface area contributed by atoms with Crippen LogP contribution in [-0.4, -0.2) is 25.8 Å². The molecule has 0 amide bonds. The Bertz CT molecular complexity index is 533. The summed E-state index contributed by atoms with van der Waals surface area (Å²) in [5.41, 5.74) is 1.23. The van der Waals surface area contributed by atoms with Gasteiger partial charge in [-0.3, -0.25) is 9.67 Å². The zero-order valence-corrected chi connectivity index (χ0v) is 9.97. The van der Waals surface area contributed by atoms with E-state index in [0.717, 1.165) is 4.47 Å². The third-order valence-corrected chi connectivity index (χ3v) is 2.61. The van der Waals surface area contributed by atoms with Crippen molar-refractivity contribution in [1.82, 2.24) is 14.8 Å². The summed E-state index contributed by atoms with van der Waals surface area (Å²) in [6, 6.07) is 3.55. The first-order chi connectivity index (χ1) is 7.59. The molecule has 0 aliphatic carbocycles. The fraction of sp³-hybridized carbons (Fsp3) is 0.100. The Morgan fingerprint density at radius 1 is 1.44 bits per heavy atom. The quantitative estimate of drug-likeness (QED) is 0.914. The van der Waals surface area contributed by atoms with Crippen LogP contribution in [0, 0.1) is 0 Å².